The minimum absolute atomic E-state index is 0.119. The van der Waals surface area contributed by atoms with Gasteiger partial charge in [0.1, 0.15) is 17.4 Å². The molecule has 1 aromatic carbocycles. The summed E-state index contributed by atoms with van der Waals surface area (Å²) in [6.07, 6.45) is 0. The number of nitrogens with two attached hydrogens (primary N) is 1. The fraction of sp³-hybridized carbons (Fsp3) is 0.167. The topological polar surface area (TPSA) is 116 Å². The van der Waals surface area contributed by atoms with Crippen LogP contribution in [-0.4, -0.2) is 29.0 Å². The lowest BCUT2D eigenvalue weighted by atomic mass is 10.2. The second kappa shape index (κ2) is 5.98. The van der Waals surface area contributed by atoms with E-state index in [2.05, 4.69) is 25.7 Å². The van der Waals surface area contributed by atoms with Gasteiger partial charge in [0.2, 0.25) is 17.8 Å². The van der Waals surface area contributed by atoms with E-state index in [1.54, 1.807) is 31.1 Å². The summed E-state index contributed by atoms with van der Waals surface area (Å²) in [5.74, 6) is 5.32. The van der Waals surface area contributed by atoms with Crippen LogP contribution in [0.3, 0.4) is 0 Å². The fourth-order valence-electron chi connectivity index (χ4n) is 1.55. The van der Waals surface area contributed by atoms with Crippen molar-refractivity contribution in [1.82, 2.24) is 15.0 Å². The predicted molar refractivity (Wildman–Crippen MR) is 76.4 cm³/mol. The van der Waals surface area contributed by atoms with Crippen molar-refractivity contribution in [2.24, 2.45) is 5.84 Å². The van der Waals surface area contributed by atoms with Gasteiger partial charge in [-0.05, 0) is 12.1 Å². The highest BCUT2D eigenvalue weighted by atomic mass is 19.1. The van der Waals surface area contributed by atoms with Gasteiger partial charge in [-0.25, -0.2) is 10.2 Å². The van der Waals surface area contributed by atoms with Crippen molar-refractivity contribution >= 4 is 23.5 Å². The van der Waals surface area contributed by atoms with Gasteiger partial charge in [-0.1, -0.05) is 6.07 Å². The molecule has 1 aromatic heterocycles. The lowest BCUT2D eigenvalue weighted by Crippen LogP contribution is -2.18. The predicted octanol–water partition coefficient (Wildman–Crippen LogP) is 0.978. The van der Waals surface area contributed by atoms with Crippen molar-refractivity contribution in [3.63, 3.8) is 0 Å². The van der Waals surface area contributed by atoms with Crippen LogP contribution in [0.2, 0.25) is 0 Å². The van der Waals surface area contributed by atoms with Gasteiger partial charge < -0.3 is 10.2 Å². The summed E-state index contributed by atoms with van der Waals surface area (Å²) < 4.78 is 13.5. The summed E-state index contributed by atoms with van der Waals surface area (Å²) in [5.41, 5.74) is 2.46. The lowest BCUT2D eigenvalue weighted by molar-refractivity contribution is 0.624. The molecule has 2 aromatic rings. The van der Waals surface area contributed by atoms with Crippen LogP contribution in [0, 0.1) is 17.1 Å². The molecule has 9 heteroatoms. The first-order chi connectivity index (χ1) is 10.0. The van der Waals surface area contributed by atoms with Gasteiger partial charge in [-0.15, -0.1) is 0 Å². The molecule has 1 heterocycles. The number of hydrogen-bond donors (Lipinski definition) is 3. The molecule has 0 saturated carbocycles. The Morgan fingerprint density at radius 1 is 1.24 bits per heavy atom. The average molecular weight is 288 g/mol. The van der Waals surface area contributed by atoms with E-state index in [1.807, 2.05) is 0 Å². The average Bonchev–Trinajstić information content (AvgIpc) is 2.47. The maximum atomic E-state index is 13.5. The highest BCUT2D eigenvalue weighted by molar-refractivity contribution is 5.64. The van der Waals surface area contributed by atoms with Crippen molar-refractivity contribution < 1.29 is 4.39 Å². The molecule has 0 aliphatic heterocycles. The van der Waals surface area contributed by atoms with E-state index in [1.165, 1.54) is 12.1 Å². The Bertz CT molecular complexity index is 694. The van der Waals surface area contributed by atoms with Crippen LogP contribution in [0.1, 0.15) is 5.56 Å². The molecule has 0 amide bonds. The summed E-state index contributed by atoms with van der Waals surface area (Å²) in [6, 6.07) is 6.03. The van der Waals surface area contributed by atoms with E-state index >= 15 is 0 Å². The van der Waals surface area contributed by atoms with Crippen molar-refractivity contribution in [3.8, 4) is 6.07 Å². The number of benzene rings is 1. The largest absolute Gasteiger partial charge is 0.347 e. The first kappa shape index (κ1) is 14.4. The zero-order valence-corrected chi connectivity index (χ0v) is 11.4. The molecule has 0 aliphatic rings. The van der Waals surface area contributed by atoms with Crippen molar-refractivity contribution in [2.45, 2.75) is 0 Å². The number of nitrogen functional groups attached to an aromatic ring is 1. The zero-order valence-electron chi connectivity index (χ0n) is 11.4. The molecule has 0 saturated heterocycles. The van der Waals surface area contributed by atoms with Crippen LogP contribution in [0.5, 0.6) is 0 Å². The Kier molecular flexibility index (Phi) is 4.10. The third-order valence-corrected chi connectivity index (χ3v) is 2.52. The first-order valence-electron chi connectivity index (χ1n) is 5.90. The van der Waals surface area contributed by atoms with Crippen LogP contribution in [0.15, 0.2) is 18.2 Å². The smallest absolute Gasteiger partial charge is 0.243 e. The van der Waals surface area contributed by atoms with E-state index < -0.39 is 5.82 Å². The molecular formula is C12H13FN8. The molecule has 0 atom stereocenters. The molecule has 108 valence electrons. The van der Waals surface area contributed by atoms with E-state index in [9.17, 15) is 4.39 Å². The van der Waals surface area contributed by atoms with Gasteiger partial charge in [0, 0.05) is 14.1 Å². The molecular weight excluding hydrogens is 275 g/mol. The normalized spacial score (nSPS) is 9.86. The second-order valence-corrected chi connectivity index (χ2v) is 4.22. The summed E-state index contributed by atoms with van der Waals surface area (Å²) in [4.78, 5) is 13.9. The first-order valence-corrected chi connectivity index (χ1v) is 5.90. The quantitative estimate of drug-likeness (QED) is 0.563. The van der Waals surface area contributed by atoms with Crippen LogP contribution >= 0.6 is 0 Å². The molecule has 21 heavy (non-hydrogen) atoms. The number of anilines is 4. The van der Waals surface area contributed by atoms with Crippen LogP contribution < -0.4 is 21.5 Å². The van der Waals surface area contributed by atoms with E-state index in [-0.39, 0.29) is 23.1 Å². The van der Waals surface area contributed by atoms with Crippen molar-refractivity contribution in [2.75, 3.05) is 29.7 Å². The highest BCUT2D eigenvalue weighted by Crippen LogP contribution is 2.22. The summed E-state index contributed by atoms with van der Waals surface area (Å²) in [5, 5.41) is 11.8. The minimum Gasteiger partial charge on any atom is -0.347 e. The Labute approximate surface area is 120 Å². The highest BCUT2D eigenvalue weighted by Gasteiger charge is 2.12. The second-order valence-electron chi connectivity index (χ2n) is 4.22. The zero-order chi connectivity index (χ0) is 15.4. The molecule has 0 fully saturated rings. The minimum atomic E-state index is -0.624. The SMILES string of the molecule is CN(C)c1nc(NN)nc(Nc2cccc(F)c2C#N)n1. The number of nitrogens with zero attached hydrogens (tertiary/aromatic N) is 5. The standard InChI is InChI=1S/C12H13FN8/c1-21(2)12-18-10(17-11(19-12)20-15)16-9-5-3-4-8(13)7(9)6-14/h3-5H,15H2,1-2H3,(H2,16,17,18,19,20). The maximum Gasteiger partial charge on any atom is 0.243 e. The molecule has 0 aliphatic carbocycles. The number of nitriles is 1. The van der Waals surface area contributed by atoms with Gasteiger partial charge >= 0.3 is 0 Å². The van der Waals surface area contributed by atoms with Crippen LogP contribution in [-0.2, 0) is 0 Å². The Morgan fingerprint density at radius 3 is 2.57 bits per heavy atom. The van der Waals surface area contributed by atoms with E-state index in [0.717, 1.165) is 0 Å². The van der Waals surface area contributed by atoms with Crippen LogP contribution in [0.25, 0.3) is 0 Å². The number of hydrogen-bond acceptors (Lipinski definition) is 8. The Hall–Kier alpha value is -2.99. The monoisotopic (exact) mass is 288 g/mol. The van der Waals surface area contributed by atoms with Gasteiger partial charge in [-0.3, -0.25) is 5.43 Å². The molecule has 4 N–H and O–H groups in total. The summed E-state index contributed by atoms with van der Waals surface area (Å²) in [7, 11) is 3.50. The number of hydrazine groups is 1. The summed E-state index contributed by atoms with van der Waals surface area (Å²) in [6.45, 7) is 0. The Balaban J connectivity index is 2.42. The van der Waals surface area contributed by atoms with Gasteiger partial charge in [0.25, 0.3) is 0 Å². The molecule has 8 nitrogen and oxygen atoms in total. The van der Waals surface area contributed by atoms with Crippen molar-refractivity contribution in [3.05, 3.63) is 29.6 Å². The van der Waals surface area contributed by atoms with E-state index in [0.29, 0.717) is 5.95 Å². The van der Waals surface area contributed by atoms with Gasteiger partial charge in [-0.2, -0.15) is 20.2 Å². The fourth-order valence-corrected chi connectivity index (χ4v) is 1.55. The summed E-state index contributed by atoms with van der Waals surface area (Å²) >= 11 is 0. The molecule has 0 unspecified atom stereocenters. The van der Waals surface area contributed by atoms with Gasteiger partial charge in [0.05, 0.1) is 5.69 Å². The molecule has 2 rings (SSSR count). The Morgan fingerprint density at radius 2 is 1.95 bits per heavy atom. The number of halogens is 1. The maximum absolute atomic E-state index is 13.5. The third-order valence-electron chi connectivity index (χ3n) is 2.52. The van der Waals surface area contributed by atoms with E-state index in [4.69, 9.17) is 11.1 Å². The molecule has 0 bridgehead atoms. The number of aromatic nitrogens is 3. The lowest BCUT2D eigenvalue weighted by Gasteiger charge is -2.13. The number of nitrogens with one attached hydrogen (secondary N) is 2. The third kappa shape index (κ3) is 3.13. The molecule has 0 spiro atoms. The van der Waals surface area contributed by atoms with Gasteiger partial charge in [0.15, 0.2) is 0 Å². The van der Waals surface area contributed by atoms with Crippen molar-refractivity contribution in [1.29, 1.82) is 5.26 Å². The number of rotatable bonds is 4. The van der Waals surface area contributed by atoms with Crippen LogP contribution in [0.4, 0.5) is 27.9 Å². The molecule has 0 radical (unpaired) electrons.